The van der Waals surface area contributed by atoms with Crippen LogP contribution in [0.4, 0.5) is 11.4 Å². The number of anilines is 2. The van der Waals surface area contributed by atoms with Crippen LogP contribution in [0.5, 0.6) is 0 Å². The van der Waals surface area contributed by atoms with Crippen LogP contribution in [0, 0.1) is 0 Å². The summed E-state index contributed by atoms with van der Waals surface area (Å²) in [6, 6.07) is 5.61. The molecule has 1 saturated heterocycles. The van der Waals surface area contributed by atoms with E-state index in [2.05, 4.69) is 19.9 Å². The molecule has 1 aromatic carbocycles. The molecular weight excluding hydrogens is 300 g/mol. The molecule has 0 bridgehead atoms. The lowest BCUT2D eigenvalue weighted by molar-refractivity contribution is 0.591. The lowest BCUT2D eigenvalue weighted by atomic mass is 10.2. The molecule has 0 saturated carbocycles. The number of fused-ring (bicyclic) bond motifs is 1. The molecule has 120 valence electrons. The van der Waals surface area contributed by atoms with Crippen molar-refractivity contribution in [2.75, 3.05) is 23.3 Å². The minimum absolute atomic E-state index is 0.0654. The summed E-state index contributed by atoms with van der Waals surface area (Å²) in [5.41, 5.74) is 1.55. The van der Waals surface area contributed by atoms with Crippen molar-refractivity contribution in [3.8, 4) is 0 Å². The van der Waals surface area contributed by atoms with Crippen LogP contribution in [0.1, 0.15) is 33.1 Å². The van der Waals surface area contributed by atoms with Gasteiger partial charge in [0.15, 0.2) is 0 Å². The van der Waals surface area contributed by atoms with Gasteiger partial charge in [-0.05, 0) is 44.4 Å². The van der Waals surface area contributed by atoms with Gasteiger partial charge in [-0.15, -0.1) is 0 Å². The normalized spacial score (nSPS) is 22.8. The summed E-state index contributed by atoms with van der Waals surface area (Å²) < 4.78 is 27.5. The quantitative estimate of drug-likeness (QED) is 0.894. The first-order chi connectivity index (χ1) is 10.5. The SMILES string of the molecule is CCC(C)N=C1Nc2ccc(N3CCCC3)cc2S(=O)(=O)N1. The van der Waals surface area contributed by atoms with E-state index in [4.69, 9.17) is 0 Å². The third-order valence-electron chi connectivity index (χ3n) is 4.15. The first-order valence-electron chi connectivity index (χ1n) is 7.76. The number of hydrogen-bond donors (Lipinski definition) is 2. The maximum absolute atomic E-state index is 12.5. The Morgan fingerprint density at radius 3 is 2.73 bits per heavy atom. The second-order valence-electron chi connectivity index (χ2n) is 5.84. The summed E-state index contributed by atoms with van der Waals surface area (Å²) in [6.07, 6.45) is 3.17. The van der Waals surface area contributed by atoms with Crippen molar-refractivity contribution in [1.82, 2.24) is 4.72 Å². The third kappa shape index (κ3) is 2.90. The third-order valence-corrected chi connectivity index (χ3v) is 5.53. The van der Waals surface area contributed by atoms with Crippen LogP contribution in [0.3, 0.4) is 0 Å². The van der Waals surface area contributed by atoms with Crippen LogP contribution in [0.25, 0.3) is 0 Å². The molecule has 1 atom stereocenters. The summed E-state index contributed by atoms with van der Waals surface area (Å²) in [5, 5.41) is 3.08. The van der Waals surface area contributed by atoms with E-state index in [1.807, 2.05) is 26.0 Å². The van der Waals surface area contributed by atoms with E-state index in [9.17, 15) is 8.42 Å². The highest BCUT2D eigenvalue weighted by Crippen LogP contribution is 2.31. The molecule has 1 fully saturated rings. The molecule has 1 unspecified atom stereocenters. The second kappa shape index (κ2) is 5.79. The van der Waals surface area contributed by atoms with Gasteiger partial charge >= 0.3 is 0 Å². The molecule has 7 heteroatoms. The lowest BCUT2D eigenvalue weighted by Gasteiger charge is -2.25. The van der Waals surface area contributed by atoms with E-state index in [1.54, 1.807) is 6.07 Å². The van der Waals surface area contributed by atoms with Gasteiger partial charge in [0.05, 0.1) is 11.7 Å². The molecule has 0 spiro atoms. The number of hydrogen-bond acceptors (Lipinski definition) is 4. The predicted octanol–water partition coefficient (Wildman–Crippen LogP) is 2.15. The van der Waals surface area contributed by atoms with Crippen LogP contribution < -0.4 is 14.9 Å². The smallest absolute Gasteiger partial charge is 0.266 e. The van der Waals surface area contributed by atoms with Crippen molar-refractivity contribution in [2.24, 2.45) is 4.99 Å². The molecule has 2 N–H and O–H groups in total. The van der Waals surface area contributed by atoms with Crippen molar-refractivity contribution in [2.45, 2.75) is 44.0 Å². The van der Waals surface area contributed by atoms with Crippen molar-refractivity contribution >= 4 is 27.4 Å². The summed E-state index contributed by atoms with van der Waals surface area (Å²) in [7, 11) is -3.57. The van der Waals surface area contributed by atoms with Gasteiger partial charge in [-0.3, -0.25) is 0 Å². The Balaban J connectivity index is 1.95. The van der Waals surface area contributed by atoms with E-state index in [-0.39, 0.29) is 6.04 Å². The molecule has 22 heavy (non-hydrogen) atoms. The second-order valence-corrected chi connectivity index (χ2v) is 7.49. The Morgan fingerprint density at radius 2 is 2.05 bits per heavy atom. The van der Waals surface area contributed by atoms with Gasteiger partial charge in [0.2, 0.25) is 5.96 Å². The zero-order valence-electron chi connectivity index (χ0n) is 13.0. The molecule has 0 amide bonds. The summed E-state index contributed by atoms with van der Waals surface area (Å²) in [5.74, 6) is 0.302. The van der Waals surface area contributed by atoms with Gasteiger partial charge < -0.3 is 10.2 Å². The zero-order chi connectivity index (χ0) is 15.7. The summed E-state index contributed by atoms with van der Waals surface area (Å²) in [6.45, 7) is 5.94. The number of rotatable bonds is 3. The Bertz CT molecular complexity index is 693. The first-order valence-corrected chi connectivity index (χ1v) is 9.24. The number of sulfonamides is 1. The Hall–Kier alpha value is -1.76. The number of nitrogens with zero attached hydrogens (tertiary/aromatic N) is 2. The number of aliphatic imine (C=N–C) groups is 1. The standard InChI is InChI=1S/C15H22N4O2S/c1-3-11(2)16-15-17-13-7-6-12(19-8-4-5-9-19)10-14(13)22(20,21)18-15/h6-7,10-11H,3-5,8-9H2,1-2H3,(H2,16,17,18). The van der Waals surface area contributed by atoms with E-state index in [1.165, 1.54) is 0 Å². The minimum atomic E-state index is -3.57. The molecule has 6 nitrogen and oxygen atoms in total. The molecule has 3 rings (SSSR count). The van der Waals surface area contributed by atoms with Gasteiger partial charge in [-0.1, -0.05) is 6.92 Å². The van der Waals surface area contributed by atoms with Gasteiger partial charge in [0, 0.05) is 18.8 Å². The topological polar surface area (TPSA) is 73.8 Å². The van der Waals surface area contributed by atoms with Gasteiger partial charge in [-0.2, -0.15) is 0 Å². The fraction of sp³-hybridized carbons (Fsp3) is 0.533. The maximum atomic E-state index is 12.5. The Kier molecular flexibility index (Phi) is 3.99. The van der Waals surface area contributed by atoms with E-state index < -0.39 is 10.0 Å². The van der Waals surface area contributed by atoms with Crippen LogP contribution >= 0.6 is 0 Å². The average molecular weight is 322 g/mol. The van der Waals surface area contributed by atoms with E-state index >= 15 is 0 Å². The van der Waals surface area contributed by atoms with Gasteiger partial charge in [0.25, 0.3) is 10.0 Å². The summed E-state index contributed by atoms with van der Waals surface area (Å²) >= 11 is 0. The number of guanidine groups is 1. The fourth-order valence-corrected chi connectivity index (χ4v) is 3.87. The van der Waals surface area contributed by atoms with Crippen molar-refractivity contribution in [3.05, 3.63) is 18.2 Å². The Morgan fingerprint density at radius 1 is 1.32 bits per heavy atom. The van der Waals surface area contributed by atoms with Crippen LogP contribution in [0.2, 0.25) is 0 Å². The Labute approximate surface area is 131 Å². The molecular formula is C15H22N4O2S. The van der Waals surface area contributed by atoms with Crippen LogP contribution in [0.15, 0.2) is 28.1 Å². The van der Waals surface area contributed by atoms with Crippen molar-refractivity contribution in [1.29, 1.82) is 0 Å². The van der Waals surface area contributed by atoms with Crippen molar-refractivity contribution < 1.29 is 8.42 Å². The molecule has 2 aliphatic rings. The lowest BCUT2D eigenvalue weighted by Crippen LogP contribution is -2.41. The average Bonchev–Trinajstić information content (AvgIpc) is 3.00. The van der Waals surface area contributed by atoms with Crippen molar-refractivity contribution in [3.63, 3.8) is 0 Å². The van der Waals surface area contributed by atoms with E-state index in [0.717, 1.165) is 38.0 Å². The molecule has 0 aromatic heterocycles. The molecule has 0 aliphatic carbocycles. The molecule has 1 aromatic rings. The number of benzene rings is 1. The largest absolute Gasteiger partial charge is 0.371 e. The molecule has 0 radical (unpaired) electrons. The fourth-order valence-electron chi connectivity index (χ4n) is 2.71. The van der Waals surface area contributed by atoms with Crippen LogP contribution in [-0.2, 0) is 10.0 Å². The van der Waals surface area contributed by atoms with Gasteiger partial charge in [-0.25, -0.2) is 18.1 Å². The highest BCUT2D eigenvalue weighted by molar-refractivity contribution is 7.90. The minimum Gasteiger partial charge on any atom is -0.371 e. The van der Waals surface area contributed by atoms with E-state index in [0.29, 0.717) is 16.5 Å². The first kappa shape index (κ1) is 15.1. The monoisotopic (exact) mass is 322 g/mol. The van der Waals surface area contributed by atoms with Crippen LogP contribution in [-0.4, -0.2) is 33.5 Å². The highest BCUT2D eigenvalue weighted by Gasteiger charge is 2.28. The predicted molar refractivity (Wildman–Crippen MR) is 89.0 cm³/mol. The maximum Gasteiger partial charge on any atom is 0.266 e. The zero-order valence-corrected chi connectivity index (χ0v) is 13.8. The molecule has 2 heterocycles. The van der Waals surface area contributed by atoms with Gasteiger partial charge in [0.1, 0.15) is 4.90 Å². The number of nitrogens with one attached hydrogen (secondary N) is 2. The summed E-state index contributed by atoms with van der Waals surface area (Å²) in [4.78, 5) is 6.87. The highest BCUT2D eigenvalue weighted by atomic mass is 32.2. The molecule has 2 aliphatic heterocycles.